The zero-order valence-corrected chi connectivity index (χ0v) is 14.8. The quantitative estimate of drug-likeness (QED) is 0.830. The predicted molar refractivity (Wildman–Crippen MR) is 92.8 cm³/mol. The summed E-state index contributed by atoms with van der Waals surface area (Å²) in [4.78, 5) is 12.1. The Morgan fingerprint density at radius 2 is 1.74 bits per heavy atom. The Balaban J connectivity index is 1.85. The first kappa shape index (κ1) is 19.2. The number of benzene rings is 2. The summed E-state index contributed by atoms with van der Waals surface area (Å²) in [6.07, 6.45) is -3.48. The number of amides is 1. The molecule has 1 atom stereocenters. The minimum Gasteiger partial charge on any atom is -0.489 e. The third kappa shape index (κ3) is 4.58. The molecule has 0 saturated carbocycles. The first-order valence-electron chi connectivity index (χ1n) is 7.75. The average molecular weight is 400 g/mol. The van der Waals surface area contributed by atoms with Gasteiger partial charge in [0.15, 0.2) is 0 Å². The largest absolute Gasteiger partial charge is 0.489 e. The Kier molecular flexibility index (Phi) is 4.87. The van der Waals surface area contributed by atoms with Crippen LogP contribution < -0.4 is 14.8 Å². The van der Waals surface area contributed by atoms with Gasteiger partial charge in [-0.3, -0.25) is 4.79 Å². The van der Waals surface area contributed by atoms with Crippen LogP contribution in [0.2, 0.25) is 0 Å². The lowest BCUT2D eigenvalue weighted by atomic mass is 10.0. The zero-order valence-electron chi connectivity index (χ0n) is 14.0. The number of fused-ring (bicyclic) bond motifs is 1. The highest BCUT2D eigenvalue weighted by molar-refractivity contribution is 7.88. The minimum absolute atomic E-state index is 0.220. The van der Waals surface area contributed by atoms with Crippen LogP contribution in [0.4, 0.5) is 18.9 Å². The summed E-state index contributed by atoms with van der Waals surface area (Å²) in [5, 5.41) is 2.56. The Morgan fingerprint density at radius 3 is 2.33 bits per heavy atom. The molecule has 0 saturated heterocycles. The van der Waals surface area contributed by atoms with Crippen LogP contribution in [0.15, 0.2) is 42.5 Å². The molecule has 6 nitrogen and oxygen atoms in total. The molecule has 10 heteroatoms. The van der Waals surface area contributed by atoms with E-state index in [1.807, 2.05) is 0 Å². The Bertz CT molecular complexity index is 973. The third-order valence-corrected chi connectivity index (χ3v) is 4.58. The van der Waals surface area contributed by atoms with Gasteiger partial charge in [0, 0.05) is 0 Å². The average Bonchev–Trinajstić information content (AvgIpc) is 2.72. The van der Waals surface area contributed by atoms with Crippen molar-refractivity contribution in [3.05, 3.63) is 48.0 Å². The van der Waals surface area contributed by atoms with Crippen molar-refractivity contribution in [3.63, 3.8) is 0 Å². The molecule has 144 valence electrons. The van der Waals surface area contributed by atoms with Crippen molar-refractivity contribution in [1.82, 2.24) is 4.72 Å². The van der Waals surface area contributed by atoms with E-state index >= 15 is 0 Å². The molecule has 0 fully saturated rings. The van der Waals surface area contributed by atoms with Gasteiger partial charge in [-0.05, 0) is 35.4 Å². The van der Waals surface area contributed by atoms with Gasteiger partial charge in [-0.15, -0.1) is 0 Å². The molecule has 0 radical (unpaired) electrons. The monoisotopic (exact) mass is 400 g/mol. The van der Waals surface area contributed by atoms with E-state index < -0.39 is 33.7 Å². The van der Waals surface area contributed by atoms with Crippen molar-refractivity contribution in [2.45, 2.75) is 12.2 Å². The van der Waals surface area contributed by atoms with Gasteiger partial charge < -0.3 is 10.1 Å². The molecule has 27 heavy (non-hydrogen) atoms. The lowest BCUT2D eigenvalue weighted by Crippen LogP contribution is -2.45. The van der Waals surface area contributed by atoms with Gasteiger partial charge in [0.1, 0.15) is 18.4 Å². The number of carbonyl (C=O) groups excluding carboxylic acids is 1. The molecule has 1 amide bonds. The number of nitrogens with one attached hydrogen (secondary N) is 2. The van der Waals surface area contributed by atoms with E-state index in [4.69, 9.17) is 4.74 Å². The maximum Gasteiger partial charge on any atom is 0.416 e. The fourth-order valence-electron chi connectivity index (χ4n) is 2.59. The fraction of sp³-hybridized carbons (Fsp3) is 0.235. The number of alkyl halides is 3. The van der Waals surface area contributed by atoms with Crippen LogP contribution >= 0.6 is 0 Å². The normalized spacial score (nSPS) is 17.5. The smallest absolute Gasteiger partial charge is 0.416 e. The molecule has 1 aliphatic heterocycles. The summed E-state index contributed by atoms with van der Waals surface area (Å²) >= 11 is 0. The molecule has 2 aromatic carbocycles. The number of rotatable bonds is 3. The third-order valence-electron chi connectivity index (χ3n) is 3.86. The van der Waals surface area contributed by atoms with E-state index in [0.717, 1.165) is 18.4 Å². The highest BCUT2D eigenvalue weighted by Crippen LogP contribution is 2.34. The Hall–Kier alpha value is -2.59. The molecule has 2 aromatic rings. The molecule has 0 aromatic heterocycles. The molecule has 3 rings (SSSR count). The van der Waals surface area contributed by atoms with Gasteiger partial charge in [-0.2, -0.15) is 17.9 Å². The van der Waals surface area contributed by atoms with Gasteiger partial charge in [-0.1, -0.05) is 18.2 Å². The highest BCUT2D eigenvalue weighted by atomic mass is 32.2. The molecule has 1 heterocycles. The SMILES string of the molecule is CS(=O)(=O)NC1COc2cc(-c3ccc(C(F)(F)F)cc3)ccc2NC1=O. The first-order chi connectivity index (χ1) is 12.5. The topological polar surface area (TPSA) is 84.5 Å². The second-order valence-electron chi connectivity index (χ2n) is 6.03. The van der Waals surface area contributed by atoms with Crippen molar-refractivity contribution < 1.29 is 31.1 Å². The van der Waals surface area contributed by atoms with Crippen LogP contribution in [0.25, 0.3) is 11.1 Å². The summed E-state index contributed by atoms with van der Waals surface area (Å²) < 4.78 is 68.4. The Labute approximate surface area is 153 Å². The summed E-state index contributed by atoms with van der Waals surface area (Å²) in [6.45, 7) is -0.220. The summed E-state index contributed by atoms with van der Waals surface area (Å²) in [5.74, 6) is -0.278. The molecule has 2 N–H and O–H groups in total. The predicted octanol–water partition coefficient (Wildman–Crippen LogP) is 2.62. The number of anilines is 1. The zero-order chi connectivity index (χ0) is 19.8. The van der Waals surface area contributed by atoms with E-state index in [1.165, 1.54) is 12.1 Å². The maximum absolute atomic E-state index is 12.7. The molecular weight excluding hydrogens is 385 g/mol. The molecule has 0 spiro atoms. The van der Waals surface area contributed by atoms with E-state index in [-0.39, 0.29) is 6.61 Å². The number of carbonyl (C=O) groups is 1. The number of hydrogen-bond acceptors (Lipinski definition) is 4. The van der Waals surface area contributed by atoms with Crippen molar-refractivity contribution in [3.8, 4) is 16.9 Å². The van der Waals surface area contributed by atoms with Crippen molar-refractivity contribution in [1.29, 1.82) is 0 Å². The van der Waals surface area contributed by atoms with Crippen LogP contribution in [0.3, 0.4) is 0 Å². The molecule has 1 unspecified atom stereocenters. The molecule has 1 aliphatic rings. The minimum atomic E-state index is -4.42. The van der Waals surface area contributed by atoms with Gasteiger partial charge in [0.25, 0.3) is 0 Å². The van der Waals surface area contributed by atoms with Gasteiger partial charge in [-0.25, -0.2) is 8.42 Å². The van der Waals surface area contributed by atoms with Gasteiger partial charge >= 0.3 is 6.18 Å². The van der Waals surface area contributed by atoms with Crippen LogP contribution in [-0.4, -0.2) is 33.2 Å². The van der Waals surface area contributed by atoms with E-state index in [2.05, 4.69) is 10.0 Å². The van der Waals surface area contributed by atoms with Gasteiger partial charge in [0.05, 0.1) is 17.5 Å². The number of halogens is 3. The van der Waals surface area contributed by atoms with Crippen LogP contribution in [0, 0.1) is 0 Å². The number of ether oxygens (including phenoxy) is 1. The van der Waals surface area contributed by atoms with Crippen molar-refractivity contribution >= 4 is 21.6 Å². The summed E-state index contributed by atoms with van der Waals surface area (Å²) in [5.41, 5.74) is 0.717. The lowest BCUT2D eigenvalue weighted by Gasteiger charge is -2.12. The summed E-state index contributed by atoms with van der Waals surface area (Å²) in [6, 6.07) is 8.29. The first-order valence-corrected chi connectivity index (χ1v) is 9.65. The number of sulfonamides is 1. The fourth-order valence-corrected chi connectivity index (χ4v) is 3.28. The molecular formula is C17H15F3N2O4S. The maximum atomic E-state index is 12.7. The standard InChI is InChI=1S/C17H15F3N2O4S/c1-27(24,25)22-14-9-26-15-8-11(4-7-13(15)21-16(14)23)10-2-5-12(6-3-10)17(18,19)20/h2-8,14,22H,9H2,1H3,(H,21,23). The highest BCUT2D eigenvalue weighted by Gasteiger charge is 2.30. The van der Waals surface area contributed by atoms with Crippen molar-refractivity contribution in [2.24, 2.45) is 0 Å². The van der Waals surface area contributed by atoms with E-state index in [0.29, 0.717) is 22.6 Å². The summed E-state index contributed by atoms with van der Waals surface area (Å²) in [7, 11) is -3.61. The van der Waals surface area contributed by atoms with Crippen LogP contribution in [0.1, 0.15) is 5.56 Å². The van der Waals surface area contributed by atoms with Crippen molar-refractivity contribution in [2.75, 3.05) is 18.2 Å². The molecule has 0 aliphatic carbocycles. The number of hydrogen-bond donors (Lipinski definition) is 2. The lowest BCUT2D eigenvalue weighted by molar-refractivity contribution is -0.137. The van der Waals surface area contributed by atoms with Gasteiger partial charge in [0.2, 0.25) is 15.9 Å². The van der Waals surface area contributed by atoms with Crippen LogP contribution in [0.5, 0.6) is 5.75 Å². The second kappa shape index (κ2) is 6.86. The Morgan fingerprint density at radius 1 is 1.11 bits per heavy atom. The van der Waals surface area contributed by atoms with E-state index in [9.17, 15) is 26.4 Å². The van der Waals surface area contributed by atoms with E-state index in [1.54, 1.807) is 18.2 Å². The van der Waals surface area contributed by atoms with Crippen LogP contribution in [-0.2, 0) is 21.0 Å². The second-order valence-corrected chi connectivity index (χ2v) is 7.81. The molecule has 0 bridgehead atoms.